The summed E-state index contributed by atoms with van der Waals surface area (Å²) in [5.41, 5.74) is 0. The highest BCUT2D eigenvalue weighted by Gasteiger charge is 2.18. The first-order valence-corrected chi connectivity index (χ1v) is 31.4. The molecule has 0 aliphatic rings. The predicted molar refractivity (Wildman–Crippen MR) is 310 cm³/mol. The topological polar surface area (TPSA) is 95.9 Å². The van der Waals surface area contributed by atoms with Crippen molar-refractivity contribution in [2.45, 2.75) is 341 Å². The van der Waals surface area contributed by atoms with Gasteiger partial charge >= 0.3 is 5.97 Å². The lowest BCUT2D eigenvalue weighted by Gasteiger charge is -2.20. The van der Waals surface area contributed by atoms with Gasteiger partial charge in [0.1, 0.15) is 0 Å². The van der Waals surface area contributed by atoms with Crippen LogP contribution >= 0.6 is 0 Å². The Morgan fingerprint density at radius 2 is 0.704 bits per heavy atom. The minimum absolute atomic E-state index is 0.00332. The predicted octanol–water partition coefficient (Wildman–Crippen LogP) is 19.7. The molecule has 0 radical (unpaired) electrons. The molecule has 2 atom stereocenters. The lowest BCUT2D eigenvalue weighted by atomic mass is 10.0. The van der Waals surface area contributed by atoms with E-state index in [1.807, 2.05) is 6.08 Å². The first-order valence-electron chi connectivity index (χ1n) is 31.4. The fourth-order valence-electron chi connectivity index (χ4n) is 9.48. The Balaban J connectivity index is 3.37. The highest BCUT2D eigenvalue weighted by atomic mass is 16.5. The number of ether oxygens (including phenoxy) is 1. The first-order chi connectivity index (χ1) is 35.0. The minimum Gasteiger partial charge on any atom is -0.466 e. The number of esters is 1. The minimum atomic E-state index is -0.841. The molecule has 0 saturated heterocycles. The number of amides is 1. The van der Waals surface area contributed by atoms with E-state index < -0.39 is 12.1 Å². The first kappa shape index (κ1) is 68.8. The molecule has 0 fully saturated rings. The van der Waals surface area contributed by atoms with Crippen LogP contribution in [0, 0.1) is 0 Å². The van der Waals surface area contributed by atoms with Crippen LogP contribution in [0.5, 0.6) is 0 Å². The maximum absolute atomic E-state index is 12.4. The SMILES string of the molecule is CCCCC/C=C\CCCCCCCC(=O)OCCCCCCCCCCC/C=C\C/C=C\CCCCCCCCCCCCCCCCCCCC(=O)NC(CO)C(O)/C=C/CCCCCCCCC. The Kier molecular flexibility index (Phi) is 58.5. The van der Waals surface area contributed by atoms with Gasteiger partial charge in [-0.2, -0.15) is 0 Å². The summed E-state index contributed by atoms with van der Waals surface area (Å²) in [4.78, 5) is 24.4. The second-order valence-corrected chi connectivity index (χ2v) is 21.4. The number of unbranched alkanes of at least 4 members (excludes halogenated alkanes) is 41. The van der Waals surface area contributed by atoms with Crippen molar-refractivity contribution in [3.05, 3.63) is 48.6 Å². The number of hydrogen-bond acceptors (Lipinski definition) is 5. The standard InChI is InChI=1S/C65H121NO5/c1-3-5-7-9-11-13-14-39-43-47-51-55-59-65(70)71-60-56-52-48-44-40-37-35-33-31-29-27-25-23-21-19-17-15-16-18-20-22-24-26-28-30-32-34-36-38-42-46-50-54-58-64(69)66-62(61-67)63(68)57-53-49-45-41-12-10-8-6-4-2/h11,13,19,21,25,27,53,57,62-63,67-68H,3-10,12,14-18,20,22-24,26,28-52,54-56,58-61H2,1-2H3,(H,66,69)/b13-11-,21-19-,27-25-,57-53+. The molecule has 0 spiro atoms. The van der Waals surface area contributed by atoms with Crippen LogP contribution in [0.1, 0.15) is 328 Å². The average Bonchev–Trinajstić information content (AvgIpc) is 3.37. The molecule has 0 saturated carbocycles. The molecule has 416 valence electrons. The molecular formula is C65H121NO5. The fourth-order valence-corrected chi connectivity index (χ4v) is 9.48. The number of allylic oxidation sites excluding steroid dienone is 7. The van der Waals surface area contributed by atoms with E-state index in [4.69, 9.17) is 4.74 Å². The summed E-state index contributed by atoms with van der Waals surface area (Å²) in [6.45, 7) is 4.85. The fraction of sp³-hybridized carbons (Fsp3) is 0.846. The quantitative estimate of drug-likeness (QED) is 0.0321. The van der Waals surface area contributed by atoms with E-state index in [0.717, 1.165) is 51.4 Å². The zero-order valence-electron chi connectivity index (χ0n) is 47.5. The summed E-state index contributed by atoms with van der Waals surface area (Å²) in [5, 5.41) is 22.9. The number of hydrogen-bond donors (Lipinski definition) is 3. The van der Waals surface area contributed by atoms with Crippen LogP contribution in [0.25, 0.3) is 0 Å². The van der Waals surface area contributed by atoms with Crippen LogP contribution in [0.2, 0.25) is 0 Å². The van der Waals surface area contributed by atoms with Crippen LogP contribution in [0.3, 0.4) is 0 Å². The second kappa shape index (κ2) is 60.4. The van der Waals surface area contributed by atoms with E-state index in [9.17, 15) is 19.8 Å². The molecule has 1 amide bonds. The molecular weight excluding hydrogens is 875 g/mol. The van der Waals surface area contributed by atoms with Crippen molar-refractivity contribution in [1.82, 2.24) is 5.32 Å². The Labute approximate surface area is 442 Å². The van der Waals surface area contributed by atoms with Gasteiger partial charge in [0.15, 0.2) is 0 Å². The summed E-state index contributed by atoms with van der Waals surface area (Å²) in [6.07, 6.45) is 77.5. The smallest absolute Gasteiger partial charge is 0.305 e. The average molecular weight is 997 g/mol. The molecule has 0 aliphatic carbocycles. The Bertz CT molecular complexity index is 1190. The van der Waals surface area contributed by atoms with Gasteiger partial charge in [-0.25, -0.2) is 0 Å². The third-order valence-electron chi connectivity index (χ3n) is 14.3. The zero-order chi connectivity index (χ0) is 51.4. The van der Waals surface area contributed by atoms with Crippen LogP contribution in [-0.4, -0.2) is 47.4 Å². The van der Waals surface area contributed by atoms with Crippen LogP contribution in [0.15, 0.2) is 48.6 Å². The highest BCUT2D eigenvalue weighted by Crippen LogP contribution is 2.17. The third kappa shape index (κ3) is 57.0. The number of aliphatic hydroxyl groups excluding tert-OH is 2. The maximum Gasteiger partial charge on any atom is 0.305 e. The summed E-state index contributed by atoms with van der Waals surface area (Å²) in [5.74, 6) is -0.0653. The number of nitrogens with one attached hydrogen (secondary N) is 1. The van der Waals surface area contributed by atoms with E-state index in [1.54, 1.807) is 6.08 Å². The van der Waals surface area contributed by atoms with Crippen LogP contribution in [0.4, 0.5) is 0 Å². The number of carbonyl (C=O) groups excluding carboxylic acids is 2. The molecule has 6 nitrogen and oxygen atoms in total. The maximum atomic E-state index is 12.4. The van der Waals surface area contributed by atoms with Gasteiger partial charge in [-0.1, -0.05) is 274 Å². The van der Waals surface area contributed by atoms with Gasteiger partial charge in [-0.3, -0.25) is 9.59 Å². The van der Waals surface area contributed by atoms with E-state index in [0.29, 0.717) is 19.4 Å². The number of carbonyl (C=O) groups is 2. The lowest BCUT2D eigenvalue weighted by Crippen LogP contribution is -2.45. The third-order valence-corrected chi connectivity index (χ3v) is 14.3. The summed E-state index contributed by atoms with van der Waals surface area (Å²) >= 11 is 0. The van der Waals surface area contributed by atoms with Crippen molar-refractivity contribution in [2.75, 3.05) is 13.2 Å². The molecule has 2 unspecified atom stereocenters. The van der Waals surface area contributed by atoms with E-state index in [-0.39, 0.29) is 18.5 Å². The van der Waals surface area contributed by atoms with Crippen molar-refractivity contribution in [3.63, 3.8) is 0 Å². The van der Waals surface area contributed by atoms with Gasteiger partial charge in [0.25, 0.3) is 0 Å². The van der Waals surface area contributed by atoms with Crippen molar-refractivity contribution in [2.24, 2.45) is 0 Å². The van der Waals surface area contributed by atoms with Gasteiger partial charge in [-0.05, 0) is 89.9 Å². The molecule has 0 bridgehead atoms. The van der Waals surface area contributed by atoms with Gasteiger partial charge in [-0.15, -0.1) is 0 Å². The van der Waals surface area contributed by atoms with Crippen molar-refractivity contribution in [1.29, 1.82) is 0 Å². The van der Waals surface area contributed by atoms with Crippen molar-refractivity contribution < 1.29 is 24.5 Å². The normalized spacial score (nSPS) is 12.9. The van der Waals surface area contributed by atoms with E-state index in [2.05, 4.69) is 55.6 Å². The molecule has 3 N–H and O–H groups in total. The van der Waals surface area contributed by atoms with Gasteiger partial charge in [0.05, 0.1) is 25.4 Å². The Morgan fingerprint density at radius 1 is 0.394 bits per heavy atom. The zero-order valence-corrected chi connectivity index (χ0v) is 47.5. The van der Waals surface area contributed by atoms with Crippen molar-refractivity contribution >= 4 is 11.9 Å². The molecule has 71 heavy (non-hydrogen) atoms. The van der Waals surface area contributed by atoms with Crippen molar-refractivity contribution in [3.8, 4) is 0 Å². The molecule has 6 heteroatoms. The van der Waals surface area contributed by atoms with Crippen LogP contribution < -0.4 is 5.32 Å². The van der Waals surface area contributed by atoms with Gasteiger partial charge < -0.3 is 20.3 Å². The summed E-state index contributed by atoms with van der Waals surface area (Å²) < 4.78 is 5.46. The molecule has 0 aromatic heterocycles. The van der Waals surface area contributed by atoms with E-state index in [1.165, 1.54) is 250 Å². The molecule has 0 aromatic carbocycles. The Hall–Kier alpha value is -2.18. The molecule has 0 heterocycles. The Morgan fingerprint density at radius 3 is 1.11 bits per heavy atom. The lowest BCUT2D eigenvalue weighted by molar-refractivity contribution is -0.143. The summed E-state index contributed by atoms with van der Waals surface area (Å²) in [6, 6.07) is -0.624. The van der Waals surface area contributed by atoms with Crippen LogP contribution in [-0.2, 0) is 14.3 Å². The van der Waals surface area contributed by atoms with Gasteiger partial charge in [0, 0.05) is 12.8 Å². The number of aliphatic hydroxyl groups is 2. The number of rotatable bonds is 58. The van der Waals surface area contributed by atoms with Gasteiger partial charge in [0.2, 0.25) is 5.91 Å². The summed E-state index contributed by atoms with van der Waals surface area (Å²) in [7, 11) is 0. The molecule has 0 aromatic rings. The largest absolute Gasteiger partial charge is 0.466 e. The molecule has 0 aliphatic heterocycles. The molecule has 0 rings (SSSR count). The monoisotopic (exact) mass is 996 g/mol. The van der Waals surface area contributed by atoms with E-state index >= 15 is 0 Å². The highest BCUT2D eigenvalue weighted by molar-refractivity contribution is 5.76. The second-order valence-electron chi connectivity index (χ2n) is 21.4.